The maximum absolute atomic E-state index is 12.3. The fourth-order valence-corrected chi connectivity index (χ4v) is 5.15. The Morgan fingerprint density at radius 3 is 2.70 bits per heavy atom. The molecule has 8 nitrogen and oxygen atoms in total. The zero-order valence-corrected chi connectivity index (χ0v) is 20.3. The van der Waals surface area contributed by atoms with E-state index >= 15 is 0 Å². The Morgan fingerprint density at radius 2 is 2.07 bits per heavy atom. The average molecular weight is 531 g/mol. The van der Waals surface area contributed by atoms with Crippen LogP contribution in [-0.4, -0.2) is 42.5 Å². The van der Waals surface area contributed by atoms with Crippen molar-refractivity contribution in [1.29, 1.82) is 0 Å². The topological polar surface area (TPSA) is 116 Å². The van der Waals surface area contributed by atoms with E-state index in [2.05, 4.69) is 37.8 Å². The molecular formula is C21H34IN5O3. The molecule has 0 aromatic carbocycles. The number of pyridine rings is 1. The standard InChI is InChI=1S/C21H34IN5O3/c1-20(2,3)30-19(28)25-16-5-4-6-21(16)7-9-27(10-8-21)18-14(12-29-13-23)11-15(22)17(24)26-18/h11,16H,4-10,12-13,23H2,1-3H3,(H2,24,26)(H,25,28)/t16-/m1/s1. The van der Waals surface area contributed by atoms with Gasteiger partial charge in [0, 0.05) is 24.7 Å². The molecule has 0 bridgehead atoms. The van der Waals surface area contributed by atoms with Crippen LogP contribution in [0, 0.1) is 8.99 Å². The normalized spacial score (nSPS) is 21.1. The summed E-state index contributed by atoms with van der Waals surface area (Å²) in [6.07, 6.45) is 4.95. The van der Waals surface area contributed by atoms with Gasteiger partial charge in [0.05, 0.1) is 16.9 Å². The third-order valence-electron chi connectivity index (χ3n) is 6.09. The van der Waals surface area contributed by atoms with Gasteiger partial charge in [0.2, 0.25) is 0 Å². The zero-order chi connectivity index (χ0) is 21.9. The van der Waals surface area contributed by atoms with E-state index in [9.17, 15) is 4.79 Å². The Morgan fingerprint density at radius 1 is 1.37 bits per heavy atom. The SMILES string of the molecule is CC(C)(C)OC(=O)N[C@@H]1CCCC12CCN(c1nc(N)c(I)cc1COCN)CC2. The minimum atomic E-state index is -0.488. The Bertz CT molecular complexity index is 760. The van der Waals surface area contributed by atoms with Crippen LogP contribution in [0.3, 0.4) is 0 Å². The predicted octanol–water partition coefficient (Wildman–Crippen LogP) is 3.37. The number of hydrogen-bond donors (Lipinski definition) is 3. The number of rotatable bonds is 5. The first kappa shape index (κ1) is 23.3. The lowest BCUT2D eigenvalue weighted by molar-refractivity contribution is 0.0442. The number of anilines is 2. The van der Waals surface area contributed by atoms with Crippen LogP contribution in [0.25, 0.3) is 0 Å². The molecule has 1 aliphatic heterocycles. The van der Waals surface area contributed by atoms with Crippen molar-refractivity contribution in [3.05, 3.63) is 15.2 Å². The highest BCUT2D eigenvalue weighted by molar-refractivity contribution is 14.1. The summed E-state index contributed by atoms with van der Waals surface area (Å²) in [6, 6.07) is 2.19. The first-order valence-electron chi connectivity index (χ1n) is 10.6. The second kappa shape index (κ2) is 9.44. The number of nitrogens with zero attached hydrogens (tertiary/aromatic N) is 2. The van der Waals surface area contributed by atoms with E-state index in [1.54, 1.807) is 0 Å². The second-order valence-electron chi connectivity index (χ2n) is 9.29. The maximum Gasteiger partial charge on any atom is 0.407 e. The third-order valence-corrected chi connectivity index (χ3v) is 6.96. The number of carbonyl (C=O) groups is 1. The van der Waals surface area contributed by atoms with Crippen LogP contribution >= 0.6 is 22.6 Å². The number of hydrogen-bond acceptors (Lipinski definition) is 7. The van der Waals surface area contributed by atoms with E-state index < -0.39 is 5.60 Å². The Kier molecular flexibility index (Phi) is 7.34. The highest BCUT2D eigenvalue weighted by Crippen LogP contribution is 2.47. The molecule has 1 aromatic heterocycles. The van der Waals surface area contributed by atoms with Gasteiger partial charge in [-0.3, -0.25) is 0 Å². The highest BCUT2D eigenvalue weighted by Gasteiger charge is 2.46. The van der Waals surface area contributed by atoms with E-state index in [1.807, 2.05) is 26.8 Å². The molecule has 1 saturated carbocycles. The summed E-state index contributed by atoms with van der Waals surface area (Å²) in [4.78, 5) is 19.3. The summed E-state index contributed by atoms with van der Waals surface area (Å²) in [5.74, 6) is 1.42. The summed E-state index contributed by atoms with van der Waals surface area (Å²) < 4.78 is 11.9. The largest absolute Gasteiger partial charge is 0.444 e. The molecule has 5 N–H and O–H groups in total. The van der Waals surface area contributed by atoms with Gasteiger partial charge in [-0.05, 0) is 80.5 Å². The van der Waals surface area contributed by atoms with Crippen molar-refractivity contribution < 1.29 is 14.3 Å². The van der Waals surface area contributed by atoms with Gasteiger partial charge >= 0.3 is 6.09 Å². The number of aromatic nitrogens is 1. The number of ether oxygens (including phenoxy) is 2. The van der Waals surface area contributed by atoms with Gasteiger partial charge in [-0.2, -0.15) is 0 Å². The van der Waals surface area contributed by atoms with Crippen molar-refractivity contribution in [2.75, 3.05) is 30.5 Å². The summed E-state index contributed by atoms with van der Waals surface area (Å²) in [7, 11) is 0. The number of carbonyl (C=O) groups excluding carboxylic acids is 1. The Hall–Kier alpha value is -1.33. The van der Waals surface area contributed by atoms with Gasteiger partial charge in [-0.1, -0.05) is 6.42 Å². The van der Waals surface area contributed by atoms with Crippen LogP contribution in [0.4, 0.5) is 16.4 Å². The lowest BCUT2D eigenvalue weighted by atomic mass is 9.74. The van der Waals surface area contributed by atoms with Crippen molar-refractivity contribution in [1.82, 2.24) is 10.3 Å². The molecule has 0 radical (unpaired) electrons. The Labute approximate surface area is 192 Å². The van der Waals surface area contributed by atoms with Crippen molar-refractivity contribution in [2.45, 2.75) is 71.1 Å². The summed E-state index contributed by atoms with van der Waals surface area (Å²) >= 11 is 2.19. The van der Waals surface area contributed by atoms with E-state index in [4.69, 9.17) is 20.9 Å². The molecule has 2 fully saturated rings. The monoisotopic (exact) mass is 531 g/mol. The molecule has 1 aliphatic carbocycles. The molecule has 30 heavy (non-hydrogen) atoms. The van der Waals surface area contributed by atoms with E-state index in [-0.39, 0.29) is 24.3 Å². The molecule has 9 heteroatoms. The van der Waals surface area contributed by atoms with Gasteiger partial charge < -0.3 is 31.2 Å². The van der Waals surface area contributed by atoms with Gasteiger partial charge in [0.15, 0.2) is 0 Å². The molecule has 2 aliphatic rings. The average Bonchev–Trinajstić information content (AvgIpc) is 3.03. The molecule has 1 amide bonds. The molecule has 2 heterocycles. The molecule has 0 unspecified atom stereocenters. The number of nitrogens with one attached hydrogen (secondary N) is 1. The van der Waals surface area contributed by atoms with Crippen molar-refractivity contribution >= 4 is 40.3 Å². The van der Waals surface area contributed by atoms with Crippen molar-refractivity contribution in [2.24, 2.45) is 11.1 Å². The van der Waals surface area contributed by atoms with Crippen LogP contribution in [0.2, 0.25) is 0 Å². The van der Waals surface area contributed by atoms with E-state index in [1.165, 1.54) is 0 Å². The number of piperidine rings is 1. The second-order valence-corrected chi connectivity index (χ2v) is 10.5. The zero-order valence-electron chi connectivity index (χ0n) is 18.2. The van der Waals surface area contributed by atoms with E-state index in [0.29, 0.717) is 12.4 Å². The van der Waals surface area contributed by atoms with Gasteiger partial charge in [-0.15, -0.1) is 0 Å². The van der Waals surface area contributed by atoms with Gasteiger partial charge in [-0.25, -0.2) is 9.78 Å². The van der Waals surface area contributed by atoms with Gasteiger partial charge in [0.25, 0.3) is 0 Å². The molecule has 1 spiro atoms. The fraction of sp³-hybridized carbons (Fsp3) is 0.714. The molecule has 1 aromatic rings. The number of alkyl carbamates (subject to hydrolysis) is 1. The maximum atomic E-state index is 12.3. The Balaban J connectivity index is 1.69. The minimum Gasteiger partial charge on any atom is -0.444 e. The lowest BCUT2D eigenvalue weighted by Gasteiger charge is -2.44. The van der Waals surface area contributed by atoms with Crippen LogP contribution in [0.1, 0.15) is 58.4 Å². The number of amides is 1. The molecule has 168 valence electrons. The van der Waals surface area contributed by atoms with Gasteiger partial charge in [0.1, 0.15) is 17.2 Å². The smallest absolute Gasteiger partial charge is 0.407 e. The third kappa shape index (κ3) is 5.47. The summed E-state index contributed by atoms with van der Waals surface area (Å²) in [5.41, 5.74) is 12.2. The fourth-order valence-electron chi connectivity index (χ4n) is 4.66. The number of nitrogens with two attached hydrogens (primary N) is 2. The lowest BCUT2D eigenvalue weighted by Crippen LogP contribution is -2.51. The first-order valence-corrected chi connectivity index (χ1v) is 11.7. The van der Waals surface area contributed by atoms with E-state index in [0.717, 1.165) is 60.1 Å². The quantitative estimate of drug-likeness (QED) is 0.394. The number of nitrogen functional groups attached to an aromatic ring is 1. The molecule has 1 atom stereocenters. The number of halogens is 1. The molecular weight excluding hydrogens is 497 g/mol. The van der Waals surface area contributed by atoms with Crippen LogP contribution in [0.15, 0.2) is 6.07 Å². The molecule has 1 saturated heterocycles. The first-order chi connectivity index (χ1) is 14.1. The molecule has 3 rings (SSSR count). The summed E-state index contributed by atoms with van der Waals surface area (Å²) in [5, 5.41) is 3.16. The van der Waals surface area contributed by atoms with Crippen molar-refractivity contribution in [3.63, 3.8) is 0 Å². The summed E-state index contributed by atoms with van der Waals surface area (Å²) in [6.45, 7) is 8.00. The van der Waals surface area contributed by atoms with Crippen LogP contribution in [0.5, 0.6) is 0 Å². The van der Waals surface area contributed by atoms with Crippen molar-refractivity contribution in [3.8, 4) is 0 Å². The van der Waals surface area contributed by atoms with Crippen LogP contribution < -0.4 is 21.7 Å². The minimum absolute atomic E-state index is 0.121. The predicted molar refractivity (Wildman–Crippen MR) is 126 cm³/mol. The van der Waals surface area contributed by atoms with Crippen LogP contribution in [-0.2, 0) is 16.1 Å². The highest BCUT2D eigenvalue weighted by atomic mass is 127.